The number of aromatic nitrogens is 2. The predicted molar refractivity (Wildman–Crippen MR) is 54.6 cm³/mol. The zero-order valence-corrected chi connectivity index (χ0v) is 8.14. The lowest BCUT2D eigenvalue weighted by molar-refractivity contribution is 0.571. The summed E-state index contributed by atoms with van der Waals surface area (Å²) in [7, 11) is 0. The third-order valence-corrected chi connectivity index (χ3v) is 2.04. The molecule has 0 fully saturated rings. The van der Waals surface area contributed by atoms with Crippen LogP contribution in [0.25, 0.3) is 11.5 Å². The Balaban J connectivity index is 2.73. The summed E-state index contributed by atoms with van der Waals surface area (Å²) in [6.45, 7) is -0.147. The first-order chi connectivity index (χ1) is 7.72. The van der Waals surface area contributed by atoms with Crippen molar-refractivity contribution in [1.82, 2.24) is 9.55 Å². The van der Waals surface area contributed by atoms with Gasteiger partial charge in [0.2, 0.25) is 0 Å². The van der Waals surface area contributed by atoms with E-state index in [2.05, 4.69) is 4.98 Å². The Morgan fingerprint density at radius 3 is 2.94 bits per heavy atom. The van der Waals surface area contributed by atoms with E-state index in [1.807, 2.05) is 6.07 Å². The molecule has 0 spiro atoms. The van der Waals surface area contributed by atoms with Gasteiger partial charge in [-0.25, -0.2) is 4.79 Å². The van der Waals surface area contributed by atoms with Gasteiger partial charge in [-0.05, 0) is 12.1 Å². The number of nitrogens with one attached hydrogen (secondary N) is 1. The first-order valence-electron chi connectivity index (χ1n) is 4.47. The van der Waals surface area contributed by atoms with Crippen molar-refractivity contribution in [2.75, 3.05) is 0 Å². The van der Waals surface area contributed by atoms with Crippen LogP contribution in [0.15, 0.2) is 38.5 Å². The van der Waals surface area contributed by atoms with Crippen LogP contribution in [0.3, 0.4) is 0 Å². The molecule has 0 unspecified atom stereocenters. The highest BCUT2D eigenvalue weighted by molar-refractivity contribution is 5.51. The minimum Gasteiger partial charge on any atom is -0.463 e. The van der Waals surface area contributed by atoms with Gasteiger partial charge >= 0.3 is 5.69 Å². The molecule has 2 aromatic rings. The average molecular weight is 217 g/mol. The van der Waals surface area contributed by atoms with E-state index in [1.54, 1.807) is 12.1 Å². The summed E-state index contributed by atoms with van der Waals surface area (Å²) in [5.74, 6) is 0.374. The maximum atomic E-state index is 11.5. The van der Waals surface area contributed by atoms with E-state index in [0.29, 0.717) is 11.5 Å². The maximum Gasteiger partial charge on any atom is 0.329 e. The molecule has 6 heteroatoms. The molecule has 0 aliphatic rings. The largest absolute Gasteiger partial charge is 0.463 e. The van der Waals surface area contributed by atoms with Crippen molar-refractivity contribution in [3.63, 3.8) is 0 Å². The Hall–Kier alpha value is -2.55. The van der Waals surface area contributed by atoms with Gasteiger partial charge in [0.15, 0.2) is 5.76 Å². The number of H-pyrrole nitrogens is 1. The quantitative estimate of drug-likeness (QED) is 0.784. The van der Waals surface area contributed by atoms with Crippen LogP contribution >= 0.6 is 0 Å². The number of hydrogen-bond acceptors (Lipinski definition) is 4. The number of rotatable bonds is 2. The molecule has 1 N–H and O–H groups in total. The van der Waals surface area contributed by atoms with Gasteiger partial charge in [0, 0.05) is 6.07 Å². The zero-order valence-electron chi connectivity index (χ0n) is 8.14. The number of hydrogen-bond donors (Lipinski definition) is 1. The van der Waals surface area contributed by atoms with Crippen LogP contribution in [0.4, 0.5) is 0 Å². The summed E-state index contributed by atoms with van der Waals surface area (Å²) in [5.41, 5.74) is -0.855. The van der Waals surface area contributed by atoms with Gasteiger partial charge in [-0.1, -0.05) is 0 Å². The number of aromatic amines is 1. The van der Waals surface area contributed by atoms with Gasteiger partial charge in [-0.2, -0.15) is 5.26 Å². The lowest BCUT2D eigenvalue weighted by atomic mass is 10.3. The van der Waals surface area contributed by atoms with E-state index in [-0.39, 0.29) is 6.54 Å². The molecule has 2 rings (SSSR count). The van der Waals surface area contributed by atoms with Crippen LogP contribution in [0.2, 0.25) is 0 Å². The SMILES string of the molecule is N#CCn1c(-c2ccco2)cc(=O)[nH]c1=O. The number of nitriles is 1. The number of furan rings is 1. The van der Waals surface area contributed by atoms with Crippen molar-refractivity contribution in [3.05, 3.63) is 45.3 Å². The molecule has 0 atom stereocenters. The van der Waals surface area contributed by atoms with Crippen LogP contribution in [0.1, 0.15) is 0 Å². The third kappa shape index (κ3) is 1.66. The highest BCUT2D eigenvalue weighted by atomic mass is 16.3. The molecule has 16 heavy (non-hydrogen) atoms. The first-order valence-corrected chi connectivity index (χ1v) is 4.47. The lowest BCUT2D eigenvalue weighted by Gasteiger charge is -2.05. The molecular formula is C10H7N3O3. The van der Waals surface area contributed by atoms with Crippen LogP contribution < -0.4 is 11.2 Å². The molecule has 2 aromatic heterocycles. The van der Waals surface area contributed by atoms with E-state index in [9.17, 15) is 9.59 Å². The Morgan fingerprint density at radius 2 is 2.31 bits per heavy atom. The summed E-state index contributed by atoms with van der Waals surface area (Å²) in [6.07, 6.45) is 1.43. The maximum absolute atomic E-state index is 11.5. The lowest BCUT2D eigenvalue weighted by Crippen LogP contribution is -2.30. The molecule has 80 valence electrons. The normalized spacial score (nSPS) is 9.94. The molecule has 0 aromatic carbocycles. The van der Waals surface area contributed by atoms with E-state index in [0.717, 1.165) is 4.57 Å². The molecule has 2 heterocycles. The van der Waals surface area contributed by atoms with E-state index in [1.165, 1.54) is 12.3 Å². The predicted octanol–water partition coefficient (Wildman–Crippen LogP) is 0.320. The highest BCUT2D eigenvalue weighted by Gasteiger charge is 2.09. The van der Waals surface area contributed by atoms with Crippen LogP contribution in [-0.4, -0.2) is 9.55 Å². The molecular weight excluding hydrogens is 210 g/mol. The van der Waals surface area contributed by atoms with Gasteiger partial charge in [-0.3, -0.25) is 14.3 Å². The van der Waals surface area contributed by atoms with Crippen LogP contribution in [-0.2, 0) is 6.54 Å². The molecule has 0 aliphatic carbocycles. The van der Waals surface area contributed by atoms with Crippen molar-refractivity contribution in [2.45, 2.75) is 6.54 Å². The summed E-state index contributed by atoms with van der Waals surface area (Å²) in [6, 6.07) is 6.32. The smallest absolute Gasteiger partial charge is 0.329 e. The molecule has 6 nitrogen and oxygen atoms in total. The fraction of sp³-hybridized carbons (Fsp3) is 0.100. The first kappa shape index (κ1) is 9.98. The van der Waals surface area contributed by atoms with Crippen molar-refractivity contribution >= 4 is 0 Å². The second-order valence-electron chi connectivity index (χ2n) is 3.05. The second-order valence-corrected chi connectivity index (χ2v) is 3.05. The summed E-state index contributed by atoms with van der Waals surface area (Å²) in [4.78, 5) is 24.7. The monoisotopic (exact) mass is 217 g/mol. The van der Waals surface area contributed by atoms with E-state index in [4.69, 9.17) is 9.68 Å². The van der Waals surface area contributed by atoms with Gasteiger partial charge in [0.25, 0.3) is 5.56 Å². The van der Waals surface area contributed by atoms with Crippen molar-refractivity contribution in [2.24, 2.45) is 0 Å². The zero-order chi connectivity index (χ0) is 11.5. The van der Waals surface area contributed by atoms with Crippen molar-refractivity contribution in [3.8, 4) is 17.5 Å². The molecule has 0 bridgehead atoms. The molecule has 0 radical (unpaired) electrons. The fourth-order valence-corrected chi connectivity index (χ4v) is 1.38. The molecule has 0 saturated heterocycles. The van der Waals surface area contributed by atoms with Gasteiger partial charge in [0.05, 0.1) is 18.0 Å². The van der Waals surface area contributed by atoms with Crippen molar-refractivity contribution in [1.29, 1.82) is 5.26 Å². The molecule has 0 aliphatic heterocycles. The summed E-state index contributed by atoms with van der Waals surface area (Å²) >= 11 is 0. The fourth-order valence-electron chi connectivity index (χ4n) is 1.38. The van der Waals surface area contributed by atoms with Gasteiger partial charge in [0.1, 0.15) is 6.54 Å². The Morgan fingerprint density at radius 1 is 1.50 bits per heavy atom. The van der Waals surface area contributed by atoms with Crippen LogP contribution in [0.5, 0.6) is 0 Å². The van der Waals surface area contributed by atoms with Crippen molar-refractivity contribution < 1.29 is 4.42 Å². The third-order valence-electron chi connectivity index (χ3n) is 2.04. The van der Waals surface area contributed by atoms with E-state index < -0.39 is 11.2 Å². The molecule has 0 amide bonds. The topological polar surface area (TPSA) is 91.8 Å². The standard InChI is InChI=1S/C10H7N3O3/c11-3-4-13-7(8-2-1-5-16-8)6-9(14)12-10(13)15/h1-2,5-6H,4H2,(H,12,14,15). The number of nitrogens with zero attached hydrogens (tertiary/aromatic N) is 2. The van der Waals surface area contributed by atoms with E-state index >= 15 is 0 Å². The minimum absolute atomic E-state index is 0.147. The highest BCUT2D eigenvalue weighted by Crippen LogP contribution is 2.16. The Kier molecular flexibility index (Phi) is 2.44. The van der Waals surface area contributed by atoms with Gasteiger partial charge < -0.3 is 4.42 Å². The average Bonchev–Trinajstić information content (AvgIpc) is 2.75. The summed E-state index contributed by atoms with van der Waals surface area (Å²) < 4.78 is 6.23. The Bertz CT molecular complexity index is 643. The minimum atomic E-state index is -0.625. The van der Waals surface area contributed by atoms with Crippen LogP contribution in [0, 0.1) is 11.3 Å². The van der Waals surface area contributed by atoms with Gasteiger partial charge in [-0.15, -0.1) is 0 Å². The second kappa shape index (κ2) is 3.90. The Labute approximate surface area is 89.4 Å². The molecule has 0 saturated carbocycles. The summed E-state index contributed by atoms with van der Waals surface area (Å²) in [5, 5.41) is 8.60.